The van der Waals surface area contributed by atoms with Gasteiger partial charge in [0, 0.05) is 23.0 Å². The molecule has 4 rings (SSSR count). The van der Waals surface area contributed by atoms with Gasteiger partial charge in [0.15, 0.2) is 0 Å². The van der Waals surface area contributed by atoms with Gasteiger partial charge in [0.05, 0.1) is 5.69 Å². The largest absolute Gasteiger partial charge is 0.232 e. The Morgan fingerprint density at radius 1 is 1.14 bits per heavy atom. The highest BCUT2D eigenvalue weighted by Crippen LogP contribution is 2.52. The van der Waals surface area contributed by atoms with E-state index in [-0.39, 0.29) is 5.41 Å². The van der Waals surface area contributed by atoms with Crippen molar-refractivity contribution in [3.05, 3.63) is 46.4 Å². The van der Waals surface area contributed by atoms with Gasteiger partial charge < -0.3 is 0 Å². The van der Waals surface area contributed by atoms with Gasteiger partial charge in [-0.1, -0.05) is 55.6 Å². The van der Waals surface area contributed by atoms with Gasteiger partial charge in [-0.2, -0.15) is 0 Å². The van der Waals surface area contributed by atoms with Gasteiger partial charge in [0.2, 0.25) is 0 Å². The molecule has 0 radical (unpaired) electrons. The molecule has 1 aromatic carbocycles. The minimum atomic E-state index is 0.174. The highest BCUT2D eigenvalue weighted by Gasteiger charge is 2.43. The van der Waals surface area contributed by atoms with Crippen molar-refractivity contribution in [2.75, 3.05) is 0 Å². The molecule has 108 valence electrons. The molecule has 0 saturated heterocycles. The van der Waals surface area contributed by atoms with Gasteiger partial charge in [-0.15, -0.1) is 0 Å². The van der Waals surface area contributed by atoms with Crippen molar-refractivity contribution in [2.45, 2.75) is 50.9 Å². The van der Waals surface area contributed by atoms with Crippen molar-refractivity contribution in [1.82, 2.24) is 9.97 Å². The Morgan fingerprint density at radius 3 is 2.67 bits per heavy atom. The molecule has 0 unspecified atom stereocenters. The van der Waals surface area contributed by atoms with Gasteiger partial charge in [-0.25, -0.2) is 9.97 Å². The summed E-state index contributed by atoms with van der Waals surface area (Å²) in [5.74, 6) is 0.851. The van der Waals surface area contributed by atoms with E-state index < -0.39 is 0 Å². The molecule has 2 aliphatic rings. The molecule has 1 saturated carbocycles. The fourth-order valence-corrected chi connectivity index (χ4v) is 4.52. The summed E-state index contributed by atoms with van der Waals surface area (Å²) in [5.41, 5.74) is 5.16. The van der Waals surface area contributed by atoms with Crippen molar-refractivity contribution in [1.29, 1.82) is 0 Å². The number of benzene rings is 1. The van der Waals surface area contributed by atoms with E-state index in [9.17, 15) is 0 Å². The topological polar surface area (TPSA) is 25.8 Å². The maximum Gasteiger partial charge on any atom is 0.137 e. The molecule has 2 nitrogen and oxygen atoms in total. The van der Waals surface area contributed by atoms with E-state index in [1.807, 2.05) is 0 Å². The van der Waals surface area contributed by atoms with Gasteiger partial charge in [0.25, 0.3) is 0 Å². The van der Waals surface area contributed by atoms with Crippen LogP contribution in [0.25, 0.3) is 11.3 Å². The number of hydrogen-bond donors (Lipinski definition) is 0. The number of fused-ring (bicyclic) bond motifs is 4. The van der Waals surface area contributed by atoms with Crippen LogP contribution in [0.3, 0.4) is 0 Å². The number of nitrogens with zero attached hydrogens (tertiary/aromatic N) is 2. The summed E-state index contributed by atoms with van der Waals surface area (Å²) in [5, 5.41) is 0.688. The molecule has 0 atom stereocenters. The average Bonchev–Trinajstić information content (AvgIpc) is 2.95. The number of aromatic nitrogens is 2. The molecule has 2 aromatic rings. The van der Waals surface area contributed by atoms with E-state index in [0.717, 1.165) is 24.4 Å². The first kappa shape index (κ1) is 13.3. The van der Waals surface area contributed by atoms with E-state index in [4.69, 9.17) is 16.6 Å². The van der Waals surface area contributed by atoms with Crippen LogP contribution < -0.4 is 0 Å². The lowest BCUT2D eigenvalue weighted by Gasteiger charge is -2.36. The number of hydrogen-bond acceptors (Lipinski definition) is 2. The summed E-state index contributed by atoms with van der Waals surface area (Å²) in [6.45, 7) is 2.08. The number of halogens is 1. The molecule has 1 spiro atoms. The molecule has 1 heterocycles. The number of aryl methyl sites for hydroxylation is 1. The Balaban J connectivity index is 2.03. The lowest BCUT2D eigenvalue weighted by molar-refractivity contribution is 0.430. The maximum absolute atomic E-state index is 6.61. The molecule has 0 N–H and O–H groups in total. The van der Waals surface area contributed by atoms with E-state index in [2.05, 4.69) is 36.2 Å². The van der Waals surface area contributed by atoms with Crippen LogP contribution >= 0.6 is 11.6 Å². The van der Waals surface area contributed by atoms with E-state index in [0.29, 0.717) is 5.15 Å². The van der Waals surface area contributed by atoms with Crippen LogP contribution in [0.5, 0.6) is 0 Å². The molecule has 0 aliphatic heterocycles. The van der Waals surface area contributed by atoms with Crippen LogP contribution in [0.1, 0.15) is 49.6 Å². The van der Waals surface area contributed by atoms with Crippen LogP contribution in [-0.4, -0.2) is 9.97 Å². The zero-order valence-electron chi connectivity index (χ0n) is 12.3. The zero-order chi connectivity index (χ0) is 14.4. The van der Waals surface area contributed by atoms with Crippen LogP contribution in [0.2, 0.25) is 5.15 Å². The molecular formula is C18H19ClN2. The van der Waals surface area contributed by atoms with Crippen molar-refractivity contribution in [2.24, 2.45) is 0 Å². The van der Waals surface area contributed by atoms with Crippen molar-refractivity contribution < 1.29 is 0 Å². The maximum atomic E-state index is 6.61. The monoisotopic (exact) mass is 298 g/mol. The fourth-order valence-electron chi connectivity index (χ4n) is 4.14. The van der Waals surface area contributed by atoms with E-state index in [1.165, 1.54) is 42.4 Å². The second-order valence-corrected chi connectivity index (χ2v) is 6.69. The minimum absolute atomic E-state index is 0.174. The first-order valence-corrected chi connectivity index (χ1v) is 8.26. The molecule has 1 aromatic heterocycles. The summed E-state index contributed by atoms with van der Waals surface area (Å²) in [6, 6.07) is 8.66. The Morgan fingerprint density at radius 2 is 1.90 bits per heavy atom. The Labute approximate surface area is 130 Å². The summed E-state index contributed by atoms with van der Waals surface area (Å²) in [6.07, 6.45) is 6.90. The van der Waals surface area contributed by atoms with E-state index >= 15 is 0 Å². The van der Waals surface area contributed by atoms with Crippen LogP contribution in [-0.2, 0) is 18.3 Å². The molecule has 1 fully saturated rings. The highest BCUT2D eigenvalue weighted by molar-refractivity contribution is 6.30. The van der Waals surface area contributed by atoms with Gasteiger partial charge in [-0.05, 0) is 24.8 Å². The smallest absolute Gasteiger partial charge is 0.137 e. The third-order valence-corrected chi connectivity index (χ3v) is 5.39. The first-order valence-electron chi connectivity index (χ1n) is 7.89. The fraction of sp³-hybridized carbons (Fsp3) is 0.444. The van der Waals surface area contributed by atoms with Crippen molar-refractivity contribution in [3.63, 3.8) is 0 Å². The lowest BCUT2D eigenvalue weighted by atomic mass is 9.68. The van der Waals surface area contributed by atoms with Crippen molar-refractivity contribution >= 4 is 11.6 Å². The zero-order valence-corrected chi connectivity index (χ0v) is 13.1. The first-order chi connectivity index (χ1) is 10.2. The number of rotatable bonds is 1. The van der Waals surface area contributed by atoms with Gasteiger partial charge >= 0.3 is 0 Å². The third-order valence-electron chi connectivity index (χ3n) is 5.12. The molecule has 3 heteroatoms. The van der Waals surface area contributed by atoms with Crippen LogP contribution in [0, 0.1) is 0 Å². The average molecular weight is 299 g/mol. The van der Waals surface area contributed by atoms with Crippen LogP contribution in [0.4, 0.5) is 0 Å². The van der Waals surface area contributed by atoms with Crippen molar-refractivity contribution in [3.8, 4) is 11.3 Å². The normalized spacial score (nSPS) is 18.6. The standard InChI is InChI=1S/C18H19ClN2/c1-2-14-20-16-13-8-4-3-7-12(13)11-18(9-5-6-10-18)15(16)17(19)21-14/h3-4,7-8H,2,5-6,9-11H2,1H3. The van der Waals surface area contributed by atoms with E-state index in [1.54, 1.807) is 0 Å². The molecule has 2 aliphatic carbocycles. The Kier molecular flexibility index (Phi) is 3.04. The summed E-state index contributed by atoms with van der Waals surface area (Å²) in [4.78, 5) is 9.41. The highest BCUT2D eigenvalue weighted by atomic mass is 35.5. The predicted octanol–water partition coefficient (Wildman–Crippen LogP) is 4.73. The Hall–Kier alpha value is -1.41. The predicted molar refractivity (Wildman–Crippen MR) is 85.7 cm³/mol. The quantitative estimate of drug-likeness (QED) is 0.711. The second kappa shape index (κ2) is 4.81. The van der Waals surface area contributed by atoms with Crippen LogP contribution in [0.15, 0.2) is 24.3 Å². The Bertz CT molecular complexity index is 702. The van der Waals surface area contributed by atoms with Gasteiger partial charge in [-0.3, -0.25) is 0 Å². The van der Waals surface area contributed by atoms with Gasteiger partial charge in [0.1, 0.15) is 11.0 Å². The summed E-state index contributed by atoms with van der Waals surface area (Å²) in [7, 11) is 0. The molecule has 0 bridgehead atoms. The third kappa shape index (κ3) is 1.92. The SMILES string of the molecule is CCc1nc(Cl)c2c(n1)-c1ccccc1CC21CCCC1. The lowest BCUT2D eigenvalue weighted by Crippen LogP contribution is -2.31. The molecule has 0 amide bonds. The molecular weight excluding hydrogens is 280 g/mol. The summed E-state index contributed by atoms with van der Waals surface area (Å²) >= 11 is 6.61. The second-order valence-electron chi connectivity index (χ2n) is 6.33. The minimum Gasteiger partial charge on any atom is -0.232 e. The summed E-state index contributed by atoms with van der Waals surface area (Å²) < 4.78 is 0. The molecule has 21 heavy (non-hydrogen) atoms.